The first-order valence-corrected chi connectivity index (χ1v) is 11.8. The van der Waals surface area contributed by atoms with Crippen molar-refractivity contribution in [3.63, 3.8) is 0 Å². The number of benzene rings is 2. The van der Waals surface area contributed by atoms with Gasteiger partial charge in [-0.1, -0.05) is 56.2 Å². The summed E-state index contributed by atoms with van der Waals surface area (Å²) in [4.78, 5) is 12.8. The molecule has 1 fully saturated rings. The number of ether oxygens (including phenoxy) is 2. The summed E-state index contributed by atoms with van der Waals surface area (Å²) in [7, 11) is 0. The Morgan fingerprint density at radius 2 is 1.79 bits per heavy atom. The van der Waals surface area contributed by atoms with Crippen molar-refractivity contribution in [2.45, 2.75) is 71.3 Å². The third kappa shape index (κ3) is 7.68. The lowest BCUT2D eigenvalue weighted by Gasteiger charge is -2.21. The first-order valence-electron chi connectivity index (χ1n) is 11.8. The van der Waals surface area contributed by atoms with E-state index in [9.17, 15) is 18.0 Å². The average molecular weight is 463 g/mol. The van der Waals surface area contributed by atoms with Crippen molar-refractivity contribution in [3.8, 4) is 0 Å². The van der Waals surface area contributed by atoms with E-state index in [1.165, 1.54) is 12.1 Å². The molecule has 0 unspecified atom stereocenters. The molecule has 0 aromatic heterocycles. The molecule has 6 heteroatoms. The fourth-order valence-electron chi connectivity index (χ4n) is 4.39. The van der Waals surface area contributed by atoms with Crippen LogP contribution in [0.15, 0.2) is 42.5 Å². The number of alkyl halides is 3. The highest BCUT2D eigenvalue weighted by atomic mass is 19.4. The van der Waals surface area contributed by atoms with Gasteiger partial charge in [0.15, 0.2) is 5.78 Å². The van der Waals surface area contributed by atoms with Crippen LogP contribution in [0.4, 0.5) is 13.2 Å². The average Bonchev–Trinajstić information content (AvgIpc) is 2.82. The zero-order chi connectivity index (χ0) is 23.7. The summed E-state index contributed by atoms with van der Waals surface area (Å²) in [6.45, 7) is 3.79. The predicted molar refractivity (Wildman–Crippen MR) is 122 cm³/mol. The van der Waals surface area contributed by atoms with Gasteiger partial charge in [-0.3, -0.25) is 4.79 Å². The minimum absolute atomic E-state index is 0.119. The van der Waals surface area contributed by atoms with Gasteiger partial charge in [0.25, 0.3) is 0 Å². The normalized spacial score (nSPS) is 15.0. The number of Topliss-reactive ketones (excluding diaryl/α,β-unsaturated/α-hetero) is 1. The molecule has 0 atom stereocenters. The maximum Gasteiger partial charge on any atom is 0.416 e. The molecule has 180 valence electrons. The van der Waals surface area contributed by atoms with Crippen LogP contribution in [0, 0.1) is 5.92 Å². The van der Waals surface area contributed by atoms with E-state index in [1.54, 1.807) is 6.07 Å². The van der Waals surface area contributed by atoms with E-state index in [-0.39, 0.29) is 24.6 Å². The van der Waals surface area contributed by atoms with Crippen LogP contribution in [-0.4, -0.2) is 19.0 Å². The number of hydrogen-bond donors (Lipinski definition) is 0. The second-order valence-corrected chi connectivity index (χ2v) is 8.72. The second kappa shape index (κ2) is 12.3. The van der Waals surface area contributed by atoms with Crippen LogP contribution in [0.2, 0.25) is 0 Å². The van der Waals surface area contributed by atoms with E-state index in [0.717, 1.165) is 74.0 Å². The maximum absolute atomic E-state index is 13.1. The van der Waals surface area contributed by atoms with Crippen molar-refractivity contribution in [2.75, 3.05) is 13.2 Å². The maximum atomic E-state index is 13.1. The molecule has 1 aliphatic rings. The van der Waals surface area contributed by atoms with Crippen LogP contribution in [0.5, 0.6) is 0 Å². The Bertz CT molecular complexity index is 902. The Labute approximate surface area is 194 Å². The summed E-state index contributed by atoms with van der Waals surface area (Å²) in [5.74, 6) is 0.882. The van der Waals surface area contributed by atoms with Gasteiger partial charge >= 0.3 is 6.18 Å². The molecule has 0 radical (unpaired) electrons. The minimum atomic E-state index is -4.40. The van der Waals surface area contributed by atoms with E-state index < -0.39 is 11.7 Å². The predicted octanol–water partition coefficient (Wildman–Crippen LogP) is 7.15. The van der Waals surface area contributed by atoms with E-state index in [2.05, 4.69) is 0 Å². The van der Waals surface area contributed by atoms with Gasteiger partial charge < -0.3 is 9.47 Å². The standard InChI is InChI=1S/C27H33F3O3/c1-2-22-17-21(18-33-19-23-8-4-5-9-25(23)27(28,29)30)11-12-24(22)26(31)10-6-3-7-20-13-15-32-16-14-20/h4-5,8-9,11-12,17,20H,2-3,6-7,10,13-16,18-19H2,1H3. The molecule has 2 aromatic carbocycles. The highest BCUT2D eigenvalue weighted by molar-refractivity contribution is 5.97. The molecule has 0 bridgehead atoms. The summed E-state index contributed by atoms with van der Waals surface area (Å²) in [5, 5.41) is 0. The first kappa shape index (κ1) is 25.4. The molecule has 2 aromatic rings. The smallest absolute Gasteiger partial charge is 0.381 e. The van der Waals surface area contributed by atoms with Gasteiger partial charge in [-0.05, 0) is 54.4 Å². The number of hydrogen-bond acceptors (Lipinski definition) is 3. The number of rotatable bonds is 11. The van der Waals surface area contributed by atoms with Gasteiger partial charge in [0.05, 0.1) is 18.8 Å². The largest absolute Gasteiger partial charge is 0.416 e. The minimum Gasteiger partial charge on any atom is -0.381 e. The molecule has 3 nitrogen and oxygen atoms in total. The molecular formula is C27H33F3O3. The highest BCUT2D eigenvalue weighted by Crippen LogP contribution is 2.32. The zero-order valence-corrected chi connectivity index (χ0v) is 19.3. The van der Waals surface area contributed by atoms with E-state index >= 15 is 0 Å². The summed E-state index contributed by atoms with van der Waals surface area (Å²) in [5.41, 5.74) is 2.01. The van der Waals surface area contributed by atoms with Crippen LogP contribution in [0.25, 0.3) is 0 Å². The quantitative estimate of drug-likeness (QED) is 0.263. The van der Waals surface area contributed by atoms with Crippen molar-refractivity contribution < 1.29 is 27.4 Å². The molecular weight excluding hydrogens is 429 g/mol. The summed E-state index contributed by atoms with van der Waals surface area (Å²) >= 11 is 0. The van der Waals surface area contributed by atoms with Crippen molar-refractivity contribution in [2.24, 2.45) is 5.92 Å². The Morgan fingerprint density at radius 3 is 2.52 bits per heavy atom. The van der Waals surface area contributed by atoms with Gasteiger partial charge in [-0.25, -0.2) is 0 Å². The molecule has 0 N–H and O–H groups in total. The second-order valence-electron chi connectivity index (χ2n) is 8.72. The summed E-state index contributed by atoms with van der Waals surface area (Å²) < 4.78 is 50.4. The van der Waals surface area contributed by atoms with Crippen LogP contribution < -0.4 is 0 Å². The van der Waals surface area contributed by atoms with Crippen LogP contribution in [0.1, 0.15) is 78.1 Å². The fourth-order valence-corrected chi connectivity index (χ4v) is 4.39. The Balaban J connectivity index is 1.50. The lowest BCUT2D eigenvalue weighted by Crippen LogP contribution is -2.15. The Hall–Kier alpha value is -2.18. The fraction of sp³-hybridized carbons (Fsp3) is 0.519. The summed E-state index contributed by atoms with van der Waals surface area (Å²) in [6.07, 6.45) is 2.21. The monoisotopic (exact) mass is 462 g/mol. The number of carbonyl (C=O) groups is 1. The lowest BCUT2D eigenvalue weighted by atomic mass is 9.92. The van der Waals surface area contributed by atoms with Gasteiger partial charge in [-0.15, -0.1) is 0 Å². The molecule has 1 aliphatic heterocycles. The molecule has 0 amide bonds. The van der Waals surface area contributed by atoms with Crippen molar-refractivity contribution >= 4 is 5.78 Å². The van der Waals surface area contributed by atoms with Crippen molar-refractivity contribution in [1.82, 2.24) is 0 Å². The molecule has 33 heavy (non-hydrogen) atoms. The topological polar surface area (TPSA) is 35.5 Å². The van der Waals surface area contributed by atoms with Gasteiger partial charge in [0, 0.05) is 25.2 Å². The third-order valence-electron chi connectivity index (χ3n) is 6.31. The number of ketones is 1. The SMILES string of the molecule is CCc1cc(COCc2ccccc2C(F)(F)F)ccc1C(=O)CCCCC1CCOCC1. The molecule has 0 spiro atoms. The summed E-state index contributed by atoms with van der Waals surface area (Å²) in [6, 6.07) is 11.1. The molecule has 1 saturated heterocycles. The number of halogens is 3. The molecule has 0 saturated carbocycles. The van der Waals surface area contributed by atoms with Crippen LogP contribution >= 0.6 is 0 Å². The van der Waals surface area contributed by atoms with E-state index in [0.29, 0.717) is 12.8 Å². The van der Waals surface area contributed by atoms with Crippen molar-refractivity contribution in [1.29, 1.82) is 0 Å². The zero-order valence-electron chi connectivity index (χ0n) is 19.3. The van der Waals surface area contributed by atoms with Crippen LogP contribution in [0.3, 0.4) is 0 Å². The number of unbranched alkanes of at least 4 members (excludes halogenated alkanes) is 1. The Kier molecular flexibility index (Phi) is 9.51. The van der Waals surface area contributed by atoms with Crippen molar-refractivity contribution in [3.05, 3.63) is 70.3 Å². The third-order valence-corrected chi connectivity index (χ3v) is 6.31. The highest BCUT2D eigenvalue weighted by Gasteiger charge is 2.32. The lowest BCUT2D eigenvalue weighted by molar-refractivity contribution is -0.138. The van der Waals surface area contributed by atoms with Crippen LogP contribution in [-0.2, 0) is 35.3 Å². The van der Waals surface area contributed by atoms with E-state index in [4.69, 9.17) is 9.47 Å². The number of carbonyl (C=O) groups excluding carboxylic acids is 1. The van der Waals surface area contributed by atoms with Gasteiger partial charge in [0.2, 0.25) is 0 Å². The number of aryl methyl sites for hydroxylation is 1. The molecule has 3 rings (SSSR count). The van der Waals surface area contributed by atoms with Gasteiger partial charge in [0.1, 0.15) is 0 Å². The first-order chi connectivity index (χ1) is 15.9. The Morgan fingerprint density at radius 1 is 1.03 bits per heavy atom. The van der Waals surface area contributed by atoms with E-state index in [1.807, 2.05) is 25.1 Å². The molecule has 0 aliphatic carbocycles. The molecule has 1 heterocycles. The van der Waals surface area contributed by atoms with Gasteiger partial charge in [-0.2, -0.15) is 13.2 Å².